The molecule has 0 fully saturated rings. The van der Waals surface area contributed by atoms with Crippen molar-refractivity contribution in [3.8, 4) is 0 Å². The van der Waals surface area contributed by atoms with Gasteiger partial charge in [0.05, 0.1) is 39.9 Å². The maximum absolute atomic E-state index is 12.9. The number of nitrogens with zero attached hydrogens (tertiary/aromatic N) is 1. The zero-order chi connectivity index (χ0) is 41.4. The summed E-state index contributed by atoms with van der Waals surface area (Å²) in [5.41, 5.74) is 0. The molecule has 0 aromatic carbocycles. The smallest absolute Gasteiger partial charge is 0.268 e. The second-order valence-corrected chi connectivity index (χ2v) is 19.2. The van der Waals surface area contributed by atoms with Crippen LogP contribution >= 0.6 is 7.82 Å². The summed E-state index contributed by atoms with van der Waals surface area (Å²) >= 11 is 0. The Bertz CT molecular complexity index is 927. The number of unbranched alkanes of at least 4 members (excludes halogenated alkanes) is 31. The van der Waals surface area contributed by atoms with E-state index in [-0.39, 0.29) is 19.1 Å². The summed E-state index contributed by atoms with van der Waals surface area (Å²) in [7, 11) is 1.27. The molecule has 9 heteroatoms. The molecule has 0 aliphatic heterocycles. The van der Waals surface area contributed by atoms with Crippen LogP contribution in [0, 0.1) is 0 Å². The van der Waals surface area contributed by atoms with E-state index in [4.69, 9.17) is 9.05 Å². The van der Waals surface area contributed by atoms with Gasteiger partial charge in [0.1, 0.15) is 13.2 Å². The van der Waals surface area contributed by atoms with Gasteiger partial charge in [-0.25, -0.2) is 0 Å². The highest BCUT2D eigenvalue weighted by atomic mass is 31.2. The van der Waals surface area contributed by atoms with Crippen molar-refractivity contribution in [1.29, 1.82) is 0 Å². The van der Waals surface area contributed by atoms with Gasteiger partial charge in [-0.15, -0.1) is 0 Å². The minimum absolute atomic E-state index is 0.00230. The number of phosphoric acid groups is 1. The molecule has 8 nitrogen and oxygen atoms in total. The number of likely N-dealkylation sites (N-methyl/N-ethyl adjacent to an activating group) is 1. The first-order valence-electron chi connectivity index (χ1n) is 24.1. The highest BCUT2D eigenvalue weighted by Crippen LogP contribution is 2.38. The second-order valence-electron chi connectivity index (χ2n) is 17.8. The molecule has 0 heterocycles. The van der Waals surface area contributed by atoms with Crippen LogP contribution in [0.2, 0.25) is 0 Å². The van der Waals surface area contributed by atoms with Crippen LogP contribution in [0.25, 0.3) is 0 Å². The molecule has 0 saturated heterocycles. The van der Waals surface area contributed by atoms with Crippen LogP contribution in [0.4, 0.5) is 0 Å². The highest BCUT2D eigenvalue weighted by Gasteiger charge is 2.23. The lowest BCUT2D eigenvalue weighted by molar-refractivity contribution is -0.870. The topological polar surface area (TPSA) is 108 Å². The number of amides is 1. The van der Waals surface area contributed by atoms with Crippen molar-refractivity contribution in [3.63, 3.8) is 0 Å². The normalized spacial score (nSPS) is 14.3. The molecule has 0 aliphatic rings. The van der Waals surface area contributed by atoms with Crippen molar-refractivity contribution in [2.45, 2.75) is 244 Å². The molecule has 0 spiro atoms. The molecular weight excluding hydrogens is 719 g/mol. The van der Waals surface area contributed by atoms with E-state index in [0.29, 0.717) is 17.4 Å². The third-order valence-corrected chi connectivity index (χ3v) is 12.0. The third kappa shape index (κ3) is 41.4. The molecular formula is C47H95N2O6P. The van der Waals surface area contributed by atoms with Crippen molar-refractivity contribution >= 4 is 13.7 Å². The third-order valence-electron chi connectivity index (χ3n) is 11.0. The molecule has 3 unspecified atom stereocenters. The summed E-state index contributed by atoms with van der Waals surface area (Å²) in [6.07, 6.45) is 45.4. The van der Waals surface area contributed by atoms with Gasteiger partial charge >= 0.3 is 0 Å². The SMILES string of the molecule is CCCCCCCCCCCCCCCCC/C=C/C(O)C(COP(=O)([O-])OCC[N+](C)(C)C)NC(=O)CCCCCCCCCCCCCCCCCCC. The maximum atomic E-state index is 12.9. The van der Waals surface area contributed by atoms with Crippen molar-refractivity contribution < 1.29 is 32.9 Å². The van der Waals surface area contributed by atoms with Gasteiger partial charge in [0, 0.05) is 6.42 Å². The number of quaternary nitrogens is 1. The summed E-state index contributed by atoms with van der Waals surface area (Å²) in [5.74, 6) is -0.193. The predicted octanol–water partition coefficient (Wildman–Crippen LogP) is 12.9. The van der Waals surface area contributed by atoms with Crippen molar-refractivity contribution in [2.24, 2.45) is 0 Å². The zero-order valence-corrected chi connectivity index (χ0v) is 38.7. The minimum Gasteiger partial charge on any atom is -0.756 e. The van der Waals surface area contributed by atoms with Crippen LogP contribution in [-0.4, -0.2) is 68.5 Å². The predicted molar refractivity (Wildman–Crippen MR) is 238 cm³/mol. The number of aliphatic hydroxyl groups excluding tert-OH is 1. The van der Waals surface area contributed by atoms with E-state index in [1.54, 1.807) is 6.08 Å². The molecule has 0 rings (SSSR count). The highest BCUT2D eigenvalue weighted by molar-refractivity contribution is 7.45. The molecule has 0 aromatic heterocycles. The first kappa shape index (κ1) is 55.2. The number of hydrogen-bond donors (Lipinski definition) is 2. The van der Waals surface area contributed by atoms with E-state index in [1.165, 1.54) is 173 Å². The lowest BCUT2D eigenvalue weighted by Gasteiger charge is -2.29. The van der Waals surface area contributed by atoms with Crippen LogP contribution < -0.4 is 10.2 Å². The fourth-order valence-corrected chi connectivity index (χ4v) is 7.88. The Balaban J connectivity index is 4.34. The van der Waals surface area contributed by atoms with Crippen LogP contribution in [0.15, 0.2) is 12.2 Å². The number of carbonyl (C=O) groups excluding carboxylic acids is 1. The molecule has 2 N–H and O–H groups in total. The van der Waals surface area contributed by atoms with Gasteiger partial charge in [0.25, 0.3) is 7.82 Å². The zero-order valence-electron chi connectivity index (χ0n) is 37.9. The quantitative estimate of drug-likeness (QED) is 0.0274. The molecule has 0 aromatic rings. The Morgan fingerprint density at radius 3 is 1.34 bits per heavy atom. The first-order valence-corrected chi connectivity index (χ1v) is 25.5. The Labute approximate surface area is 348 Å². The van der Waals surface area contributed by atoms with E-state index in [0.717, 1.165) is 38.5 Å². The molecule has 0 bridgehead atoms. The Morgan fingerprint density at radius 1 is 0.607 bits per heavy atom. The minimum atomic E-state index is -4.58. The monoisotopic (exact) mass is 815 g/mol. The number of hydrogen-bond acceptors (Lipinski definition) is 6. The van der Waals surface area contributed by atoms with Crippen LogP contribution in [-0.2, 0) is 18.4 Å². The maximum Gasteiger partial charge on any atom is 0.268 e. The Hall–Kier alpha value is -0.760. The van der Waals surface area contributed by atoms with E-state index in [9.17, 15) is 19.4 Å². The lowest BCUT2D eigenvalue weighted by atomic mass is 10.0. The average Bonchev–Trinajstić information content (AvgIpc) is 3.15. The summed E-state index contributed by atoms with van der Waals surface area (Å²) < 4.78 is 23.2. The second kappa shape index (κ2) is 39.7. The van der Waals surface area contributed by atoms with Gasteiger partial charge in [-0.05, 0) is 19.3 Å². The molecule has 0 radical (unpaired) electrons. The average molecular weight is 815 g/mol. The van der Waals surface area contributed by atoms with Crippen molar-refractivity contribution in [1.82, 2.24) is 5.32 Å². The largest absolute Gasteiger partial charge is 0.756 e. The van der Waals surface area contributed by atoms with Crippen LogP contribution in [0.3, 0.4) is 0 Å². The van der Waals surface area contributed by atoms with Gasteiger partial charge in [-0.3, -0.25) is 9.36 Å². The molecule has 1 amide bonds. The summed E-state index contributed by atoms with van der Waals surface area (Å²) in [5, 5.41) is 13.8. The van der Waals surface area contributed by atoms with E-state index >= 15 is 0 Å². The first-order chi connectivity index (χ1) is 27.0. The Morgan fingerprint density at radius 2 is 0.964 bits per heavy atom. The number of carbonyl (C=O) groups is 1. The number of aliphatic hydroxyl groups is 1. The van der Waals surface area contributed by atoms with Gasteiger partial charge in [0.15, 0.2) is 0 Å². The van der Waals surface area contributed by atoms with Gasteiger partial charge in [-0.1, -0.05) is 219 Å². The van der Waals surface area contributed by atoms with Crippen molar-refractivity contribution in [2.75, 3.05) is 40.9 Å². The fraction of sp³-hybridized carbons (Fsp3) is 0.936. The summed E-state index contributed by atoms with van der Waals surface area (Å²) in [4.78, 5) is 25.3. The van der Waals surface area contributed by atoms with Gasteiger partial charge in [0.2, 0.25) is 5.91 Å². The van der Waals surface area contributed by atoms with E-state index in [1.807, 2.05) is 27.2 Å². The fourth-order valence-electron chi connectivity index (χ4n) is 7.15. The number of nitrogens with one attached hydrogen (secondary N) is 1. The molecule has 334 valence electrons. The van der Waals surface area contributed by atoms with Crippen LogP contribution in [0.5, 0.6) is 0 Å². The summed E-state index contributed by atoms with van der Waals surface area (Å²) in [6.45, 7) is 4.67. The van der Waals surface area contributed by atoms with Crippen LogP contribution in [0.1, 0.15) is 232 Å². The van der Waals surface area contributed by atoms with Gasteiger partial charge < -0.3 is 28.8 Å². The number of allylic oxidation sites excluding steroid dienone is 1. The molecule has 3 atom stereocenters. The van der Waals surface area contributed by atoms with Gasteiger partial charge in [-0.2, -0.15) is 0 Å². The summed E-state index contributed by atoms with van der Waals surface area (Å²) in [6, 6.07) is -0.880. The number of phosphoric ester groups is 1. The Kier molecular flexibility index (Phi) is 39.1. The van der Waals surface area contributed by atoms with Crippen molar-refractivity contribution in [3.05, 3.63) is 12.2 Å². The molecule has 0 aliphatic carbocycles. The van der Waals surface area contributed by atoms with E-state index in [2.05, 4.69) is 19.2 Å². The van der Waals surface area contributed by atoms with E-state index < -0.39 is 20.0 Å². The lowest BCUT2D eigenvalue weighted by Crippen LogP contribution is -2.45. The molecule has 0 saturated carbocycles. The molecule has 56 heavy (non-hydrogen) atoms. The number of rotatable bonds is 44. The standard InChI is InChI=1S/C47H95N2O6P/c1-6-8-10-12-14-16-18-20-22-24-26-28-30-32-34-36-38-40-46(50)45(44-55-56(52,53)54-43-42-49(3,4)5)48-47(51)41-39-37-35-33-31-29-27-25-23-21-19-17-15-13-11-9-7-2/h38,40,45-46,50H,6-37,39,41-44H2,1-5H3,(H-,48,51,52,53)/b40-38+.